The van der Waals surface area contributed by atoms with Crippen LogP contribution in [0.5, 0.6) is 11.5 Å². The predicted molar refractivity (Wildman–Crippen MR) is 143 cm³/mol. The number of nitrogens with one attached hydrogen (secondary N) is 1. The number of imidazole rings is 1. The Hall–Kier alpha value is -4.09. The van der Waals surface area contributed by atoms with E-state index >= 15 is 0 Å². The predicted octanol–water partition coefficient (Wildman–Crippen LogP) is 4.96. The Labute approximate surface area is 229 Å². The van der Waals surface area contributed by atoms with Crippen LogP contribution in [0.2, 0.25) is 0 Å². The van der Waals surface area contributed by atoms with Crippen molar-refractivity contribution in [1.82, 2.24) is 19.8 Å². The molecule has 210 valence electrons. The van der Waals surface area contributed by atoms with E-state index in [9.17, 15) is 18.0 Å². The lowest BCUT2D eigenvalue weighted by atomic mass is 10.2. The van der Waals surface area contributed by atoms with E-state index < -0.39 is 6.36 Å². The lowest BCUT2D eigenvalue weighted by Crippen LogP contribution is -2.38. The summed E-state index contributed by atoms with van der Waals surface area (Å²) in [5, 5.41) is 2.99. The Morgan fingerprint density at radius 3 is 2.42 bits per heavy atom. The van der Waals surface area contributed by atoms with Gasteiger partial charge in [-0.05, 0) is 73.1 Å². The van der Waals surface area contributed by atoms with Gasteiger partial charge in [-0.25, -0.2) is 4.98 Å². The van der Waals surface area contributed by atoms with E-state index in [1.54, 1.807) is 30.6 Å². The van der Waals surface area contributed by atoms with Crippen molar-refractivity contribution in [2.75, 3.05) is 39.4 Å². The zero-order chi connectivity index (χ0) is 28.0. The maximum atomic E-state index is 12.6. The number of hydrogen-bond donors (Lipinski definition) is 1. The average molecular weight is 555 g/mol. The second-order valence-corrected chi connectivity index (χ2v) is 9.36. The van der Waals surface area contributed by atoms with Crippen LogP contribution in [0.1, 0.15) is 22.3 Å². The summed E-state index contributed by atoms with van der Waals surface area (Å²) in [5.41, 5.74) is 3.70. The van der Waals surface area contributed by atoms with Gasteiger partial charge in [0, 0.05) is 30.9 Å². The fraction of sp³-hybridized carbons (Fsp3) is 0.310. The first-order valence-corrected chi connectivity index (χ1v) is 13.0. The third-order valence-corrected chi connectivity index (χ3v) is 6.53. The zero-order valence-electron chi connectivity index (χ0n) is 21.7. The summed E-state index contributed by atoms with van der Waals surface area (Å²) in [6, 6.07) is 18.4. The lowest BCUT2D eigenvalue weighted by molar-refractivity contribution is -0.274. The van der Waals surface area contributed by atoms with Crippen molar-refractivity contribution in [3.05, 3.63) is 84.2 Å². The van der Waals surface area contributed by atoms with Gasteiger partial charge in [0.1, 0.15) is 24.4 Å². The van der Waals surface area contributed by atoms with Crippen molar-refractivity contribution in [2.24, 2.45) is 0 Å². The number of carbonyl (C=O) groups is 1. The zero-order valence-corrected chi connectivity index (χ0v) is 21.7. The minimum atomic E-state index is -4.72. The Bertz CT molecular complexity index is 1420. The van der Waals surface area contributed by atoms with Crippen LogP contribution < -0.4 is 14.8 Å². The van der Waals surface area contributed by atoms with Gasteiger partial charge in [-0.3, -0.25) is 14.3 Å². The molecule has 4 aromatic rings. The number of hydrogen-bond acceptors (Lipinski definition) is 6. The molecular weight excluding hydrogens is 525 g/mol. The van der Waals surface area contributed by atoms with Crippen molar-refractivity contribution in [3.63, 3.8) is 0 Å². The molecule has 0 saturated carbocycles. The van der Waals surface area contributed by atoms with Gasteiger partial charge >= 0.3 is 6.36 Å². The van der Waals surface area contributed by atoms with Crippen LogP contribution in [0.15, 0.2) is 73.1 Å². The third-order valence-electron chi connectivity index (χ3n) is 6.53. The molecule has 0 bridgehead atoms. The van der Waals surface area contributed by atoms with Crippen molar-refractivity contribution in [2.45, 2.75) is 19.4 Å². The number of amides is 1. The monoisotopic (exact) mass is 554 g/mol. The van der Waals surface area contributed by atoms with Gasteiger partial charge in [0.15, 0.2) is 0 Å². The molecule has 1 fully saturated rings. The van der Waals surface area contributed by atoms with Crippen LogP contribution in [0, 0.1) is 0 Å². The van der Waals surface area contributed by atoms with Crippen LogP contribution in [-0.4, -0.2) is 66.1 Å². The first-order chi connectivity index (χ1) is 19.3. The molecule has 0 radical (unpaired) electrons. The Morgan fingerprint density at radius 1 is 0.975 bits per heavy atom. The van der Waals surface area contributed by atoms with Crippen LogP contribution >= 0.6 is 0 Å². The first-order valence-electron chi connectivity index (χ1n) is 13.0. The molecule has 11 heteroatoms. The number of morpholine rings is 1. The molecular formula is C29H29F3N4O4. The second-order valence-electron chi connectivity index (χ2n) is 9.36. The fourth-order valence-electron chi connectivity index (χ4n) is 4.45. The highest BCUT2D eigenvalue weighted by Gasteiger charge is 2.30. The van der Waals surface area contributed by atoms with Gasteiger partial charge in [-0.15, -0.1) is 13.2 Å². The Balaban J connectivity index is 1.14. The molecule has 1 saturated heterocycles. The summed E-state index contributed by atoms with van der Waals surface area (Å²) < 4.78 is 53.9. The van der Waals surface area contributed by atoms with Gasteiger partial charge in [-0.2, -0.15) is 0 Å². The van der Waals surface area contributed by atoms with E-state index in [2.05, 4.69) is 19.9 Å². The number of carbonyl (C=O) groups excluding carboxylic acids is 1. The standard InChI is InChI=1S/C29H29F3N4O4/c30-29(31,32)40-25-7-2-21(3-8-25)19-39-24-9-5-23(6-10-24)36-20-34-26-18-22(4-11-27(26)36)28(37)33-12-1-13-35-14-16-38-17-15-35/h2-11,18,20H,1,12-17,19H2,(H,33,37). The number of rotatable bonds is 10. The van der Waals surface area contributed by atoms with Gasteiger partial charge in [0.2, 0.25) is 0 Å². The van der Waals surface area contributed by atoms with Crippen LogP contribution in [0.3, 0.4) is 0 Å². The summed E-state index contributed by atoms with van der Waals surface area (Å²) in [5.74, 6) is 0.208. The van der Waals surface area contributed by atoms with E-state index in [0.717, 1.165) is 50.5 Å². The topological polar surface area (TPSA) is 77.9 Å². The SMILES string of the molecule is O=C(NCCCN1CCOCC1)c1ccc2c(c1)ncn2-c1ccc(OCc2ccc(OC(F)(F)F)cc2)cc1. The molecule has 0 unspecified atom stereocenters. The van der Waals surface area contributed by atoms with Crippen LogP contribution in [0.25, 0.3) is 16.7 Å². The number of halogens is 3. The molecule has 2 heterocycles. The van der Waals surface area contributed by atoms with Crippen molar-refractivity contribution in [1.29, 1.82) is 0 Å². The Morgan fingerprint density at radius 2 is 1.70 bits per heavy atom. The molecule has 0 spiro atoms. The number of alkyl halides is 3. The molecule has 3 aromatic carbocycles. The molecule has 1 amide bonds. The summed E-state index contributed by atoms with van der Waals surface area (Å²) in [4.78, 5) is 19.5. The number of nitrogens with zero attached hydrogens (tertiary/aromatic N) is 3. The second kappa shape index (κ2) is 12.4. The van der Waals surface area contributed by atoms with E-state index in [1.807, 2.05) is 22.8 Å². The molecule has 0 atom stereocenters. The fourth-order valence-corrected chi connectivity index (χ4v) is 4.45. The van der Waals surface area contributed by atoms with E-state index in [-0.39, 0.29) is 18.3 Å². The summed E-state index contributed by atoms with van der Waals surface area (Å²) in [6.45, 7) is 5.13. The first kappa shape index (κ1) is 27.5. The quantitative estimate of drug-likeness (QED) is 0.280. The third kappa shape index (κ3) is 7.30. The molecule has 5 rings (SSSR count). The molecule has 1 aliphatic rings. The van der Waals surface area contributed by atoms with E-state index in [0.29, 0.717) is 28.9 Å². The van der Waals surface area contributed by atoms with Crippen molar-refractivity contribution >= 4 is 16.9 Å². The highest BCUT2D eigenvalue weighted by molar-refractivity contribution is 5.97. The largest absolute Gasteiger partial charge is 0.573 e. The maximum Gasteiger partial charge on any atom is 0.573 e. The average Bonchev–Trinajstić information content (AvgIpc) is 3.38. The van der Waals surface area contributed by atoms with Crippen LogP contribution in [-0.2, 0) is 11.3 Å². The van der Waals surface area contributed by atoms with Crippen molar-refractivity contribution in [3.8, 4) is 17.2 Å². The van der Waals surface area contributed by atoms with Gasteiger partial charge in [0.05, 0.1) is 24.2 Å². The maximum absolute atomic E-state index is 12.6. The lowest BCUT2D eigenvalue weighted by Gasteiger charge is -2.26. The molecule has 0 aliphatic carbocycles. The minimum absolute atomic E-state index is 0.123. The summed E-state index contributed by atoms with van der Waals surface area (Å²) in [7, 11) is 0. The molecule has 1 N–H and O–H groups in total. The molecule has 40 heavy (non-hydrogen) atoms. The van der Waals surface area contributed by atoms with Gasteiger partial charge in [-0.1, -0.05) is 12.1 Å². The normalized spacial score (nSPS) is 14.3. The number of aromatic nitrogens is 2. The highest BCUT2D eigenvalue weighted by atomic mass is 19.4. The molecule has 1 aromatic heterocycles. The van der Waals surface area contributed by atoms with Gasteiger partial charge < -0.3 is 19.5 Å². The summed E-state index contributed by atoms with van der Waals surface area (Å²) >= 11 is 0. The number of fused-ring (bicyclic) bond motifs is 1. The van der Waals surface area contributed by atoms with Crippen LogP contribution in [0.4, 0.5) is 13.2 Å². The summed E-state index contributed by atoms with van der Waals surface area (Å²) in [6.07, 6.45) is -2.14. The number of benzene rings is 3. The molecule has 1 aliphatic heterocycles. The van der Waals surface area contributed by atoms with Gasteiger partial charge in [0.25, 0.3) is 5.91 Å². The molecule has 8 nitrogen and oxygen atoms in total. The van der Waals surface area contributed by atoms with E-state index in [4.69, 9.17) is 9.47 Å². The van der Waals surface area contributed by atoms with E-state index in [1.165, 1.54) is 24.3 Å². The minimum Gasteiger partial charge on any atom is -0.489 e. The Kier molecular flexibility index (Phi) is 8.51. The van der Waals surface area contributed by atoms with Crippen molar-refractivity contribution < 1.29 is 32.2 Å². The number of ether oxygens (including phenoxy) is 3. The highest BCUT2D eigenvalue weighted by Crippen LogP contribution is 2.24. The smallest absolute Gasteiger partial charge is 0.489 e.